The predicted octanol–water partition coefficient (Wildman–Crippen LogP) is 4.76. The molecule has 0 spiro atoms. The van der Waals surface area contributed by atoms with Crippen LogP contribution in [0, 0.1) is 11.6 Å². The van der Waals surface area contributed by atoms with Gasteiger partial charge in [0.2, 0.25) is 5.95 Å². The van der Waals surface area contributed by atoms with Crippen molar-refractivity contribution in [2.75, 3.05) is 24.3 Å². The molecule has 0 amide bonds. The summed E-state index contributed by atoms with van der Waals surface area (Å²) in [5.74, 6) is -0.683. The first-order valence-electron chi connectivity index (χ1n) is 8.34. The molecule has 0 unspecified atom stereocenters. The molecule has 0 aliphatic rings. The number of benzene rings is 2. The minimum atomic E-state index is -0.739. The Kier molecular flexibility index (Phi) is 4.56. The third-order valence-corrected chi connectivity index (χ3v) is 4.46. The zero-order valence-electron chi connectivity index (χ0n) is 15.0. The average molecular weight is 401 g/mol. The lowest BCUT2D eigenvalue weighted by Crippen LogP contribution is -2.13. The van der Waals surface area contributed by atoms with E-state index < -0.39 is 11.6 Å². The Bertz CT molecular complexity index is 1170. The van der Waals surface area contributed by atoms with Gasteiger partial charge in [0.15, 0.2) is 5.65 Å². The maximum absolute atomic E-state index is 14.0. The zero-order valence-corrected chi connectivity index (χ0v) is 15.7. The van der Waals surface area contributed by atoms with E-state index in [0.717, 1.165) is 17.7 Å². The van der Waals surface area contributed by atoms with E-state index in [2.05, 4.69) is 25.5 Å². The molecule has 0 atom stereocenters. The van der Waals surface area contributed by atoms with E-state index in [0.29, 0.717) is 27.6 Å². The van der Waals surface area contributed by atoms with Crippen LogP contribution in [-0.4, -0.2) is 34.3 Å². The summed E-state index contributed by atoms with van der Waals surface area (Å²) in [6.45, 7) is 0. The van der Waals surface area contributed by atoms with Gasteiger partial charge in [0.05, 0.1) is 16.1 Å². The fourth-order valence-corrected chi connectivity index (χ4v) is 3.08. The van der Waals surface area contributed by atoms with Gasteiger partial charge in [0, 0.05) is 25.7 Å². The van der Waals surface area contributed by atoms with Crippen molar-refractivity contribution in [2.24, 2.45) is 0 Å². The van der Waals surface area contributed by atoms with E-state index in [1.165, 1.54) is 6.07 Å². The Morgan fingerprint density at radius 2 is 1.86 bits per heavy atom. The van der Waals surface area contributed by atoms with Crippen LogP contribution in [-0.2, 0) is 0 Å². The van der Waals surface area contributed by atoms with Gasteiger partial charge < -0.3 is 10.2 Å². The number of nitrogens with zero attached hydrogens (tertiary/aromatic N) is 4. The molecule has 0 radical (unpaired) electrons. The van der Waals surface area contributed by atoms with Gasteiger partial charge >= 0.3 is 0 Å². The number of H-pyrrole nitrogens is 1. The minimum absolute atomic E-state index is 0.0660. The van der Waals surface area contributed by atoms with Crippen molar-refractivity contribution < 1.29 is 8.78 Å². The Morgan fingerprint density at radius 3 is 2.57 bits per heavy atom. The standard InChI is InChI=1S/C19H15ClF2N6/c1-28(2)18-15-16(11-5-3-4-6-12(11)20)26-27-17(15)24-19(25-18)23-14-8-7-10(21)9-13(14)22/h3-9H,1-2H3,(H2,23,24,25,26,27). The van der Waals surface area contributed by atoms with Gasteiger partial charge in [-0.25, -0.2) is 8.78 Å². The van der Waals surface area contributed by atoms with E-state index in [1.807, 2.05) is 32.3 Å². The summed E-state index contributed by atoms with van der Waals surface area (Å²) in [5.41, 5.74) is 1.88. The first-order chi connectivity index (χ1) is 13.4. The van der Waals surface area contributed by atoms with Crippen molar-refractivity contribution in [1.82, 2.24) is 20.2 Å². The molecule has 0 saturated heterocycles. The summed E-state index contributed by atoms with van der Waals surface area (Å²) in [4.78, 5) is 10.7. The van der Waals surface area contributed by atoms with Gasteiger partial charge in [-0.3, -0.25) is 5.10 Å². The number of anilines is 3. The van der Waals surface area contributed by atoms with Crippen molar-refractivity contribution in [2.45, 2.75) is 0 Å². The van der Waals surface area contributed by atoms with Crippen LogP contribution in [0.2, 0.25) is 5.02 Å². The third-order valence-electron chi connectivity index (χ3n) is 4.13. The van der Waals surface area contributed by atoms with E-state index in [1.54, 1.807) is 11.0 Å². The fourth-order valence-electron chi connectivity index (χ4n) is 2.85. The van der Waals surface area contributed by atoms with E-state index in [9.17, 15) is 8.78 Å². The zero-order chi connectivity index (χ0) is 19.8. The molecule has 142 valence electrons. The maximum atomic E-state index is 14.0. The summed E-state index contributed by atoms with van der Waals surface area (Å²) in [6, 6.07) is 10.6. The van der Waals surface area contributed by atoms with E-state index in [4.69, 9.17) is 11.6 Å². The Hall–Kier alpha value is -3.26. The highest BCUT2D eigenvalue weighted by Crippen LogP contribution is 2.36. The highest BCUT2D eigenvalue weighted by Gasteiger charge is 2.19. The minimum Gasteiger partial charge on any atom is -0.362 e. The summed E-state index contributed by atoms with van der Waals surface area (Å²) >= 11 is 6.32. The molecule has 4 rings (SSSR count). The van der Waals surface area contributed by atoms with Crippen LogP contribution in [0.4, 0.5) is 26.2 Å². The van der Waals surface area contributed by atoms with Crippen LogP contribution < -0.4 is 10.2 Å². The topological polar surface area (TPSA) is 69.7 Å². The molecule has 0 fully saturated rings. The Balaban J connectivity index is 1.85. The van der Waals surface area contributed by atoms with Crippen LogP contribution >= 0.6 is 11.6 Å². The van der Waals surface area contributed by atoms with Crippen LogP contribution in [0.3, 0.4) is 0 Å². The molecular weight excluding hydrogens is 386 g/mol. The predicted molar refractivity (Wildman–Crippen MR) is 106 cm³/mol. The van der Waals surface area contributed by atoms with Crippen molar-refractivity contribution in [3.05, 3.63) is 59.1 Å². The lowest BCUT2D eigenvalue weighted by Gasteiger charge is -2.15. The van der Waals surface area contributed by atoms with Crippen molar-refractivity contribution in [1.29, 1.82) is 0 Å². The van der Waals surface area contributed by atoms with Gasteiger partial charge in [-0.2, -0.15) is 15.1 Å². The second kappa shape index (κ2) is 7.05. The molecule has 0 aliphatic carbocycles. The molecule has 0 aliphatic heterocycles. The largest absolute Gasteiger partial charge is 0.362 e. The molecule has 2 aromatic carbocycles. The lowest BCUT2D eigenvalue weighted by molar-refractivity contribution is 0.586. The molecule has 28 heavy (non-hydrogen) atoms. The van der Waals surface area contributed by atoms with Crippen LogP contribution in [0.15, 0.2) is 42.5 Å². The monoisotopic (exact) mass is 400 g/mol. The number of fused-ring (bicyclic) bond motifs is 1. The third kappa shape index (κ3) is 3.22. The number of hydrogen-bond donors (Lipinski definition) is 2. The first-order valence-corrected chi connectivity index (χ1v) is 8.72. The number of aromatic amines is 1. The second-order valence-electron chi connectivity index (χ2n) is 6.29. The second-order valence-corrected chi connectivity index (χ2v) is 6.70. The summed E-state index contributed by atoms with van der Waals surface area (Å²) in [6.07, 6.45) is 0. The molecular formula is C19H15ClF2N6. The maximum Gasteiger partial charge on any atom is 0.231 e. The summed E-state index contributed by atoms with van der Waals surface area (Å²) in [5, 5.41) is 11.3. The van der Waals surface area contributed by atoms with Gasteiger partial charge in [-0.15, -0.1) is 0 Å². The first kappa shape index (κ1) is 18.1. The number of hydrogen-bond acceptors (Lipinski definition) is 5. The molecule has 2 N–H and O–H groups in total. The molecule has 4 aromatic rings. The van der Waals surface area contributed by atoms with E-state index in [-0.39, 0.29) is 11.6 Å². The fraction of sp³-hybridized carbons (Fsp3) is 0.105. The molecule has 2 aromatic heterocycles. The quantitative estimate of drug-likeness (QED) is 0.517. The Labute approximate surface area is 164 Å². The van der Waals surface area contributed by atoms with Crippen LogP contribution in [0.5, 0.6) is 0 Å². The average Bonchev–Trinajstić information content (AvgIpc) is 3.07. The van der Waals surface area contributed by atoms with Crippen molar-refractivity contribution >= 4 is 40.1 Å². The molecule has 0 bridgehead atoms. The van der Waals surface area contributed by atoms with Crippen molar-refractivity contribution in [3.8, 4) is 11.3 Å². The van der Waals surface area contributed by atoms with Crippen molar-refractivity contribution in [3.63, 3.8) is 0 Å². The van der Waals surface area contributed by atoms with Gasteiger partial charge in [-0.05, 0) is 18.2 Å². The smallest absolute Gasteiger partial charge is 0.231 e. The molecule has 0 saturated carbocycles. The lowest BCUT2D eigenvalue weighted by atomic mass is 10.1. The molecule has 2 heterocycles. The number of aromatic nitrogens is 4. The Morgan fingerprint density at radius 1 is 1.07 bits per heavy atom. The normalized spacial score (nSPS) is 11.0. The molecule has 9 heteroatoms. The molecule has 6 nitrogen and oxygen atoms in total. The summed E-state index contributed by atoms with van der Waals surface area (Å²) in [7, 11) is 3.65. The van der Waals surface area contributed by atoms with Crippen LogP contribution in [0.25, 0.3) is 22.3 Å². The number of rotatable bonds is 4. The summed E-state index contributed by atoms with van der Waals surface area (Å²) < 4.78 is 27.1. The van der Waals surface area contributed by atoms with E-state index >= 15 is 0 Å². The van der Waals surface area contributed by atoms with Gasteiger partial charge in [0.1, 0.15) is 23.1 Å². The highest BCUT2D eigenvalue weighted by molar-refractivity contribution is 6.33. The highest BCUT2D eigenvalue weighted by atomic mass is 35.5. The number of halogens is 3. The number of nitrogens with one attached hydrogen (secondary N) is 2. The van der Waals surface area contributed by atoms with Gasteiger partial charge in [-0.1, -0.05) is 29.8 Å². The SMILES string of the molecule is CN(C)c1nc(Nc2ccc(F)cc2F)nc2[nH]nc(-c3ccccc3Cl)c12. The van der Waals surface area contributed by atoms with Gasteiger partial charge in [0.25, 0.3) is 0 Å². The van der Waals surface area contributed by atoms with Crippen LogP contribution in [0.1, 0.15) is 0 Å².